The van der Waals surface area contributed by atoms with Gasteiger partial charge in [0, 0.05) is 22.7 Å². The molecule has 0 unspecified atom stereocenters. The lowest BCUT2D eigenvalue weighted by Crippen LogP contribution is -2.19. The Hall–Kier alpha value is -2.73. The molecule has 1 saturated carbocycles. The molecule has 2 N–H and O–H groups in total. The molecule has 0 amide bonds. The third-order valence-corrected chi connectivity index (χ3v) is 5.04. The predicted octanol–water partition coefficient (Wildman–Crippen LogP) is 5.19. The first kappa shape index (κ1) is 17.7. The van der Waals surface area contributed by atoms with Crippen LogP contribution in [0, 0.1) is 11.7 Å². The second-order valence-corrected chi connectivity index (χ2v) is 7.19. The number of anilines is 3. The summed E-state index contributed by atoms with van der Waals surface area (Å²) in [5.74, 6) is 1.12. The van der Waals surface area contributed by atoms with Crippen molar-refractivity contribution in [1.82, 2.24) is 9.97 Å². The molecule has 0 bridgehead atoms. The normalized spacial score (nSPS) is 14.8. The van der Waals surface area contributed by atoms with Crippen LogP contribution in [-0.2, 0) is 0 Å². The second-order valence-electron chi connectivity index (χ2n) is 6.78. The lowest BCUT2D eigenvalue weighted by atomic mass is 10.1. The van der Waals surface area contributed by atoms with Crippen LogP contribution in [0.4, 0.5) is 21.8 Å². The molecule has 4 rings (SSSR count). The first-order chi connectivity index (χ1) is 13.0. The SMILES string of the molecule is C[C@@H](Nc1nc(Nc2ccc(F)c(Cl)c2)nc2c(C=O)cccc12)C1CC1. The number of aromatic nitrogens is 2. The third-order valence-electron chi connectivity index (χ3n) is 4.75. The largest absolute Gasteiger partial charge is 0.367 e. The fourth-order valence-electron chi connectivity index (χ4n) is 3.07. The molecule has 1 aliphatic rings. The summed E-state index contributed by atoms with van der Waals surface area (Å²) in [6, 6.07) is 10.00. The molecule has 1 aliphatic carbocycles. The maximum atomic E-state index is 13.4. The fraction of sp³-hybridized carbons (Fsp3) is 0.250. The highest BCUT2D eigenvalue weighted by Gasteiger charge is 2.28. The van der Waals surface area contributed by atoms with E-state index in [9.17, 15) is 9.18 Å². The molecule has 7 heteroatoms. The lowest BCUT2D eigenvalue weighted by Gasteiger charge is -2.17. The highest BCUT2D eigenvalue weighted by atomic mass is 35.5. The van der Waals surface area contributed by atoms with Crippen LogP contribution < -0.4 is 10.6 Å². The van der Waals surface area contributed by atoms with Crippen LogP contribution in [0.3, 0.4) is 0 Å². The number of para-hydroxylation sites is 1. The van der Waals surface area contributed by atoms with E-state index in [1.54, 1.807) is 12.1 Å². The summed E-state index contributed by atoms with van der Waals surface area (Å²) in [7, 11) is 0. The van der Waals surface area contributed by atoms with Gasteiger partial charge in [-0.15, -0.1) is 0 Å². The number of fused-ring (bicyclic) bond motifs is 1. The molecule has 1 aromatic heterocycles. The summed E-state index contributed by atoms with van der Waals surface area (Å²) in [5.41, 5.74) is 1.60. The number of halogens is 2. The predicted molar refractivity (Wildman–Crippen MR) is 105 cm³/mol. The van der Waals surface area contributed by atoms with Gasteiger partial charge in [-0.25, -0.2) is 9.37 Å². The number of rotatable bonds is 6. The number of benzene rings is 2. The number of hydrogen-bond acceptors (Lipinski definition) is 5. The van der Waals surface area contributed by atoms with Gasteiger partial charge in [0.2, 0.25) is 5.95 Å². The average Bonchev–Trinajstić information content (AvgIpc) is 3.49. The molecule has 1 fully saturated rings. The van der Waals surface area contributed by atoms with Crippen LogP contribution in [0.2, 0.25) is 5.02 Å². The molecule has 0 radical (unpaired) electrons. The minimum absolute atomic E-state index is 0.00933. The van der Waals surface area contributed by atoms with Gasteiger partial charge in [-0.3, -0.25) is 4.79 Å². The van der Waals surface area contributed by atoms with E-state index < -0.39 is 5.82 Å². The molecule has 138 valence electrons. The van der Waals surface area contributed by atoms with Crippen molar-refractivity contribution in [3.63, 3.8) is 0 Å². The summed E-state index contributed by atoms with van der Waals surface area (Å²) >= 11 is 5.85. The smallest absolute Gasteiger partial charge is 0.229 e. The zero-order valence-electron chi connectivity index (χ0n) is 14.7. The zero-order chi connectivity index (χ0) is 19.0. The molecule has 3 aromatic rings. The van der Waals surface area contributed by atoms with Gasteiger partial charge in [0.25, 0.3) is 0 Å². The van der Waals surface area contributed by atoms with E-state index in [4.69, 9.17) is 11.6 Å². The summed E-state index contributed by atoms with van der Waals surface area (Å²) in [6.07, 6.45) is 3.19. The Kier molecular flexibility index (Phi) is 4.66. The quantitative estimate of drug-likeness (QED) is 0.572. The lowest BCUT2D eigenvalue weighted by molar-refractivity contribution is 0.112. The summed E-state index contributed by atoms with van der Waals surface area (Å²) in [4.78, 5) is 20.5. The molecule has 2 aromatic carbocycles. The van der Waals surface area contributed by atoms with Crippen molar-refractivity contribution in [2.45, 2.75) is 25.8 Å². The standard InChI is InChI=1S/C20H18ClFN4O/c1-11(12-5-6-12)23-19-15-4-2-3-13(10-27)18(15)25-20(26-19)24-14-7-8-17(22)16(21)9-14/h2-4,7-12H,5-6H2,1H3,(H2,23,24,25,26)/t11-/m1/s1. The number of carbonyl (C=O) groups is 1. The van der Waals surface area contributed by atoms with Crippen molar-refractivity contribution in [2.75, 3.05) is 10.6 Å². The van der Waals surface area contributed by atoms with Gasteiger partial charge in [-0.2, -0.15) is 4.98 Å². The molecule has 1 heterocycles. The van der Waals surface area contributed by atoms with Crippen molar-refractivity contribution in [3.05, 3.63) is 52.8 Å². The van der Waals surface area contributed by atoms with Crippen molar-refractivity contribution in [2.24, 2.45) is 5.92 Å². The molecule has 27 heavy (non-hydrogen) atoms. The van der Waals surface area contributed by atoms with Gasteiger partial charge in [0.05, 0.1) is 10.5 Å². The number of aldehydes is 1. The van der Waals surface area contributed by atoms with Crippen LogP contribution in [0.1, 0.15) is 30.1 Å². The van der Waals surface area contributed by atoms with E-state index in [1.165, 1.54) is 25.0 Å². The maximum Gasteiger partial charge on any atom is 0.229 e. The summed E-state index contributed by atoms with van der Waals surface area (Å²) in [6.45, 7) is 2.13. The Morgan fingerprint density at radius 1 is 1.26 bits per heavy atom. The number of nitrogens with one attached hydrogen (secondary N) is 2. The van der Waals surface area contributed by atoms with Crippen LogP contribution >= 0.6 is 11.6 Å². The summed E-state index contributed by atoms with van der Waals surface area (Å²) < 4.78 is 13.4. The number of hydrogen-bond donors (Lipinski definition) is 2. The molecule has 0 aliphatic heterocycles. The Morgan fingerprint density at radius 3 is 2.78 bits per heavy atom. The molecule has 5 nitrogen and oxygen atoms in total. The van der Waals surface area contributed by atoms with Crippen LogP contribution in [0.5, 0.6) is 0 Å². The van der Waals surface area contributed by atoms with Gasteiger partial charge in [0.1, 0.15) is 11.6 Å². The van der Waals surface area contributed by atoms with E-state index in [2.05, 4.69) is 27.5 Å². The second kappa shape index (κ2) is 7.12. The van der Waals surface area contributed by atoms with E-state index >= 15 is 0 Å². The Labute approximate surface area is 161 Å². The third kappa shape index (κ3) is 3.71. The van der Waals surface area contributed by atoms with Crippen LogP contribution in [0.15, 0.2) is 36.4 Å². The van der Waals surface area contributed by atoms with Gasteiger partial charge < -0.3 is 10.6 Å². The van der Waals surface area contributed by atoms with Crippen molar-refractivity contribution < 1.29 is 9.18 Å². The molecule has 0 saturated heterocycles. The van der Waals surface area contributed by atoms with Gasteiger partial charge >= 0.3 is 0 Å². The first-order valence-electron chi connectivity index (χ1n) is 8.79. The fourth-order valence-corrected chi connectivity index (χ4v) is 3.25. The molecular weight excluding hydrogens is 367 g/mol. The summed E-state index contributed by atoms with van der Waals surface area (Å²) in [5, 5.41) is 7.29. The minimum Gasteiger partial charge on any atom is -0.367 e. The van der Waals surface area contributed by atoms with Gasteiger partial charge in [0.15, 0.2) is 6.29 Å². The number of nitrogens with zero attached hydrogens (tertiary/aromatic N) is 2. The van der Waals surface area contributed by atoms with Gasteiger partial charge in [-0.1, -0.05) is 17.7 Å². The average molecular weight is 385 g/mol. The van der Waals surface area contributed by atoms with Crippen molar-refractivity contribution >= 4 is 46.2 Å². The van der Waals surface area contributed by atoms with E-state index in [0.29, 0.717) is 34.5 Å². The Morgan fingerprint density at radius 2 is 2.07 bits per heavy atom. The van der Waals surface area contributed by atoms with E-state index in [0.717, 1.165) is 11.7 Å². The van der Waals surface area contributed by atoms with Crippen LogP contribution in [0.25, 0.3) is 10.9 Å². The highest BCUT2D eigenvalue weighted by Crippen LogP contribution is 2.35. The molecular formula is C20H18ClFN4O. The van der Waals surface area contributed by atoms with Crippen molar-refractivity contribution in [1.29, 1.82) is 0 Å². The zero-order valence-corrected chi connectivity index (χ0v) is 15.4. The number of carbonyl (C=O) groups excluding carboxylic acids is 1. The Balaban J connectivity index is 1.77. The topological polar surface area (TPSA) is 66.9 Å². The van der Waals surface area contributed by atoms with Crippen LogP contribution in [-0.4, -0.2) is 22.3 Å². The minimum atomic E-state index is -0.495. The van der Waals surface area contributed by atoms with Gasteiger partial charge in [-0.05, 0) is 56.0 Å². The van der Waals surface area contributed by atoms with E-state index in [1.807, 2.05) is 12.1 Å². The first-order valence-corrected chi connectivity index (χ1v) is 9.17. The van der Waals surface area contributed by atoms with E-state index in [-0.39, 0.29) is 11.1 Å². The van der Waals surface area contributed by atoms with Crippen molar-refractivity contribution in [3.8, 4) is 0 Å². The Bertz CT molecular complexity index is 1020. The monoisotopic (exact) mass is 384 g/mol. The maximum absolute atomic E-state index is 13.4. The molecule has 0 spiro atoms. The molecule has 1 atom stereocenters. The highest BCUT2D eigenvalue weighted by molar-refractivity contribution is 6.31.